The van der Waals surface area contributed by atoms with E-state index in [2.05, 4.69) is 4.74 Å². The van der Waals surface area contributed by atoms with Gasteiger partial charge in [-0.05, 0) is 6.92 Å². The van der Waals surface area contributed by atoms with Crippen LogP contribution in [0.1, 0.15) is 6.92 Å². The van der Waals surface area contributed by atoms with E-state index in [0.717, 1.165) is 6.92 Å². The smallest absolute Gasteiger partial charge is 0.362 e. The summed E-state index contributed by atoms with van der Waals surface area (Å²) in [4.78, 5) is 0.0369. The highest BCUT2D eigenvalue weighted by atomic mass is 19.4. The van der Waals surface area contributed by atoms with Gasteiger partial charge >= 0.3 is 12.4 Å². The molecule has 0 radical (unpaired) electrons. The van der Waals surface area contributed by atoms with Crippen LogP contribution >= 0.6 is 0 Å². The van der Waals surface area contributed by atoms with Crippen LogP contribution in [0, 0.1) is 0 Å². The van der Waals surface area contributed by atoms with Crippen molar-refractivity contribution in [2.45, 2.75) is 31.5 Å². The lowest BCUT2D eigenvalue weighted by molar-refractivity contribution is -0.250. The lowest BCUT2D eigenvalue weighted by Crippen LogP contribution is -2.51. The van der Waals surface area contributed by atoms with Gasteiger partial charge in [-0.2, -0.15) is 35.1 Å². The number of rotatable bonds is 1. The first kappa shape index (κ1) is 16.0. The molecule has 0 saturated carbocycles. The van der Waals surface area contributed by atoms with E-state index in [1.54, 1.807) is 0 Å². The van der Waals surface area contributed by atoms with Gasteiger partial charge in [-0.15, -0.1) is 0 Å². The zero-order chi connectivity index (χ0) is 15.0. The highest BCUT2D eigenvalue weighted by molar-refractivity contribution is 5.06. The lowest BCUT2D eigenvalue weighted by Gasteiger charge is -2.37. The van der Waals surface area contributed by atoms with Crippen molar-refractivity contribution < 1.29 is 39.9 Å². The van der Waals surface area contributed by atoms with Gasteiger partial charge in [0.2, 0.25) is 5.95 Å². The van der Waals surface area contributed by atoms with Gasteiger partial charge in [0.15, 0.2) is 6.10 Å². The standard InChI is InChI=1S/C9H9F8NO/c1-4-2-18(3-5(19-4)8(12,13)14)7(11)6(10)9(15,16)17/h4-5H,2-3H2,1H3/b7-6-. The number of nitrogens with zero attached hydrogens (tertiary/aromatic N) is 1. The molecule has 1 aliphatic heterocycles. The average Bonchev–Trinajstić information content (AvgIpc) is 2.23. The Kier molecular flexibility index (Phi) is 4.33. The number of alkyl halides is 6. The zero-order valence-corrected chi connectivity index (χ0v) is 9.45. The van der Waals surface area contributed by atoms with Crippen molar-refractivity contribution in [2.24, 2.45) is 0 Å². The van der Waals surface area contributed by atoms with E-state index < -0.39 is 49.4 Å². The molecule has 1 rings (SSSR count). The molecular formula is C9H9F8NO. The molecule has 1 saturated heterocycles. The van der Waals surface area contributed by atoms with E-state index in [-0.39, 0.29) is 4.90 Å². The Morgan fingerprint density at radius 3 is 2.00 bits per heavy atom. The maximum Gasteiger partial charge on any atom is 0.447 e. The van der Waals surface area contributed by atoms with Gasteiger partial charge in [0.05, 0.1) is 12.6 Å². The number of hydrogen-bond donors (Lipinski definition) is 0. The summed E-state index contributed by atoms with van der Waals surface area (Å²) >= 11 is 0. The second kappa shape index (κ2) is 5.14. The average molecular weight is 299 g/mol. The Bertz CT molecular complexity index is 360. The van der Waals surface area contributed by atoms with E-state index in [4.69, 9.17) is 0 Å². The summed E-state index contributed by atoms with van der Waals surface area (Å²) in [6.07, 6.45) is -14.1. The van der Waals surface area contributed by atoms with Crippen LogP contribution < -0.4 is 0 Å². The first-order chi connectivity index (χ1) is 8.43. The fraction of sp³-hybridized carbons (Fsp3) is 0.778. The largest absolute Gasteiger partial charge is 0.447 e. The van der Waals surface area contributed by atoms with Gasteiger partial charge in [-0.1, -0.05) is 0 Å². The fourth-order valence-electron chi connectivity index (χ4n) is 1.55. The van der Waals surface area contributed by atoms with Crippen molar-refractivity contribution in [1.29, 1.82) is 0 Å². The number of hydrogen-bond acceptors (Lipinski definition) is 2. The van der Waals surface area contributed by atoms with Crippen LogP contribution in [0.15, 0.2) is 11.8 Å². The summed E-state index contributed by atoms with van der Waals surface area (Å²) in [7, 11) is 0. The van der Waals surface area contributed by atoms with Gasteiger partial charge < -0.3 is 9.64 Å². The van der Waals surface area contributed by atoms with Crippen LogP contribution in [0.2, 0.25) is 0 Å². The second-order valence-corrected chi connectivity index (χ2v) is 3.98. The first-order valence-corrected chi connectivity index (χ1v) is 5.02. The highest BCUT2D eigenvalue weighted by Crippen LogP contribution is 2.34. The van der Waals surface area contributed by atoms with Crippen molar-refractivity contribution in [1.82, 2.24) is 4.90 Å². The first-order valence-electron chi connectivity index (χ1n) is 5.02. The molecule has 2 unspecified atom stereocenters. The molecule has 0 N–H and O–H groups in total. The summed E-state index contributed by atoms with van der Waals surface area (Å²) in [5.74, 6) is -5.42. The molecule has 0 aromatic heterocycles. The molecule has 1 fully saturated rings. The van der Waals surface area contributed by atoms with Crippen LogP contribution in [-0.4, -0.2) is 42.5 Å². The molecule has 112 valence electrons. The number of ether oxygens (including phenoxy) is 1. The van der Waals surface area contributed by atoms with Gasteiger partial charge in [0.1, 0.15) is 0 Å². The Morgan fingerprint density at radius 1 is 1.05 bits per heavy atom. The van der Waals surface area contributed by atoms with Gasteiger partial charge in [-0.3, -0.25) is 0 Å². The Morgan fingerprint density at radius 2 is 1.58 bits per heavy atom. The number of morpholine rings is 1. The van der Waals surface area contributed by atoms with E-state index in [1.807, 2.05) is 0 Å². The monoisotopic (exact) mass is 299 g/mol. The van der Waals surface area contributed by atoms with E-state index in [1.165, 1.54) is 0 Å². The summed E-state index contributed by atoms with van der Waals surface area (Å²) < 4.78 is 103. The maximum absolute atomic E-state index is 13.2. The topological polar surface area (TPSA) is 12.5 Å². The van der Waals surface area contributed by atoms with E-state index >= 15 is 0 Å². The maximum atomic E-state index is 13.2. The third kappa shape index (κ3) is 3.95. The van der Waals surface area contributed by atoms with E-state index in [0.29, 0.717) is 0 Å². The normalized spacial score (nSPS) is 27.3. The van der Waals surface area contributed by atoms with Gasteiger partial charge in [-0.25, -0.2) is 0 Å². The summed E-state index contributed by atoms with van der Waals surface area (Å²) in [5, 5.41) is 0. The highest BCUT2D eigenvalue weighted by Gasteiger charge is 2.47. The van der Waals surface area contributed by atoms with Crippen LogP contribution in [0.4, 0.5) is 35.1 Å². The predicted molar refractivity (Wildman–Crippen MR) is 47.3 cm³/mol. The minimum atomic E-state index is -5.58. The van der Waals surface area contributed by atoms with Crippen molar-refractivity contribution in [3.8, 4) is 0 Å². The van der Waals surface area contributed by atoms with Crippen molar-refractivity contribution >= 4 is 0 Å². The summed E-state index contributed by atoms with van der Waals surface area (Å²) in [6, 6.07) is 0. The van der Waals surface area contributed by atoms with Crippen LogP contribution in [-0.2, 0) is 4.74 Å². The van der Waals surface area contributed by atoms with Gasteiger partial charge in [0.25, 0.3) is 5.83 Å². The van der Waals surface area contributed by atoms with Crippen molar-refractivity contribution in [2.75, 3.05) is 13.1 Å². The molecule has 0 bridgehead atoms. The molecule has 0 aliphatic carbocycles. The third-order valence-corrected chi connectivity index (χ3v) is 2.33. The van der Waals surface area contributed by atoms with Crippen LogP contribution in [0.5, 0.6) is 0 Å². The molecule has 10 heteroatoms. The zero-order valence-electron chi connectivity index (χ0n) is 9.45. The molecule has 2 atom stereocenters. The van der Waals surface area contributed by atoms with Crippen molar-refractivity contribution in [3.63, 3.8) is 0 Å². The molecular weight excluding hydrogens is 290 g/mol. The molecule has 1 aliphatic rings. The van der Waals surface area contributed by atoms with Crippen LogP contribution in [0.3, 0.4) is 0 Å². The fourth-order valence-corrected chi connectivity index (χ4v) is 1.55. The number of halogens is 8. The van der Waals surface area contributed by atoms with Crippen molar-refractivity contribution in [3.05, 3.63) is 11.8 Å². The Hall–Kier alpha value is -1.06. The SMILES string of the molecule is CC1CN(/C(F)=C(\F)C(F)(F)F)CC(C(F)(F)F)O1. The molecule has 19 heavy (non-hydrogen) atoms. The molecule has 0 aromatic carbocycles. The predicted octanol–water partition coefficient (Wildman–Crippen LogP) is 3.31. The molecule has 0 aromatic rings. The molecule has 2 nitrogen and oxygen atoms in total. The molecule has 0 spiro atoms. The minimum absolute atomic E-state index is 0.0369. The van der Waals surface area contributed by atoms with Gasteiger partial charge in [0, 0.05) is 6.54 Å². The molecule has 0 amide bonds. The Labute approximate surface area is 102 Å². The third-order valence-electron chi connectivity index (χ3n) is 2.33. The quantitative estimate of drug-likeness (QED) is 0.544. The summed E-state index contributed by atoms with van der Waals surface area (Å²) in [6.45, 7) is -0.727. The second-order valence-electron chi connectivity index (χ2n) is 3.98. The minimum Gasteiger partial charge on any atom is -0.362 e. The lowest BCUT2D eigenvalue weighted by atomic mass is 10.2. The van der Waals surface area contributed by atoms with E-state index in [9.17, 15) is 35.1 Å². The summed E-state index contributed by atoms with van der Waals surface area (Å²) in [5.41, 5.74) is 0. The van der Waals surface area contributed by atoms with Crippen LogP contribution in [0.25, 0.3) is 0 Å². The molecule has 1 heterocycles. The number of allylic oxidation sites excluding steroid dienone is 1. The Balaban J connectivity index is 2.95.